The van der Waals surface area contributed by atoms with Crippen molar-refractivity contribution in [1.29, 1.82) is 0 Å². The van der Waals surface area contributed by atoms with Gasteiger partial charge in [0.15, 0.2) is 0 Å². The molecule has 2 nitrogen and oxygen atoms in total. The number of aryl methyl sites for hydroxylation is 3. The summed E-state index contributed by atoms with van der Waals surface area (Å²) in [6.07, 6.45) is 0. The van der Waals surface area contributed by atoms with Gasteiger partial charge in [-0.1, -0.05) is 12.1 Å². The summed E-state index contributed by atoms with van der Waals surface area (Å²) in [5.41, 5.74) is 11.4. The van der Waals surface area contributed by atoms with Gasteiger partial charge in [0.05, 0.1) is 0 Å². The highest BCUT2D eigenvalue weighted by Crippen LogP contribution is 2.27. The Morgan fingerprint density at radius 3 is 2.06 bits per heavy atom. The minimum Gasteiger partial charge on any atom is -0.322 e. The minimum absolute atomic E-state index is 0.0109. The molecule has 0 saturated heterocycles. The van der Waals surface area contributed by atoms with Crippen LogP contribution in [0, 0.1) is 20.8 Å². The number of nitrogens with two attached hydrogens (primary N) is 1. The Kier molecular flexibility index (Phi) is 3.76. The van der Waals surface area contributed by atoms with Crippen LogP contribution in [0.4, 0.5) is 0 Å². The number of rotatable bonds is 3. The summed E-state index contributed by atoms with van der Waals surface area (Å²) in [4.78, 5) is 0. The van der Waals surface area contributed by atoms with E-state index < -0.39 is 0 Å². The lowest BCUT2D eigenvalue weighted by atomic mass is 9.85. The molecule has 0 amide bonds. The van der Waals surface area contributed by atoms with Crippen LogP contribution in [0.3, 0.4) is 0 Å². The van der Waals surface area contributed by atoms with Gasteiger partial charge in [0, 0.05) is 11.6 Å². The molecule has 0 aliphatic carbocycles. The lowest BCUT2D eigenvalue weighted by molar-refractivity contribution is 0.348. The van der Waals surface area contributed by atoms with Crippen molar-refractivity contribution >= 4 is 0 Å². The van der Waals surface area contributed by atoms with Crippen LogP contribution in [0.1, 0.15) is 42.1 Å². The van der Waals surface area contributed by atoms with Crippen molar-refractivity contribution in [3.8, 4) is 0 Å². The third kappa shape index (κ3) is 2.45. The van der Waals surface area contributed by atoms with Gasteiger partial charge in [-0.05, 0) is 63.9 Å². The zero-order chi connectivity index (χ0) is 12.5. The first-order valence-corrected chi connectivity index (χ1v) is 5.82. The van der Waals surface area contributed by atoms with E-state index in [0.717, 1.165) is 0 Å². The normalized spacial score (nSPS) is 13.9. The molecule has 1 atom stereocenters. The highest BCUT2D eigenvalue weighted by atomic mass is 15.0. The molecule has 0 fully saturated rings. The second-order valence-electron chi connectivity index (χ2n) is 5.24. The summed E-state index contributed by atoms with van der Waals surface area (Å²) in [6, 6.07) is 4.45. The maximum Gasteiger partial charge on any atom is 0.0477 e. The van der Waals surface area contributed by atoms with Crippen molar-refractivity contribution in [1.82, 2.24) is 5.32 Å². The Balaban J connectivity index is 3.19. The molecule has 0 aliphatic rings. The SMILES string of the molecule is CNC(C)(C)C(N)c1cc(C)c(C)cc1C. The van der Waals surface area contributed by atoms with Crippen molar-refractivity contribution in [2.24, 2.45) is 5.73 Å². The zero-order valence-corrected chi connectivity index (χ0v) is 11.3. The van der Waals surface area contributed by atoms with Crippen LogP contribution in [0.15, 0.2) is 12.1 Å². The first-order chi connectivity index (χ1) is 7.29. The molecule has 1 aromatic carbocycles. The molecule has 1 aromatic rings. The Labute approximate surface area is 99.2 Å². The average Bonchev–Trinajstić information content (AvgIpc) is 2.22. The molecule has 0 bridgehead atoms. The van der Waals surface area contributed by atoms with E-state index >= 15 is 0 Å². The highest BCUT2D eigenvalue weighted by molar-refractivity contribution is 5.39. The molecular formula is C14H24N2. The number of hydrogen-bond acceptors (Lipinski definition) is 2. The molecular weight excluding hydrogens is 196 g/mol. The Hall–Kier alpha value is -0.860. The first kappa shape index (κ1) is 13.2. The van der Waals surface area contributed by atoms with Gasteiger partial charge in [-0.25, -0.2) is 0 Å². The fourth-order valence-corrected chi connectivity index (χ4v) is 1.86. The van der Waals surface area contributed by atoms with E-state index in [1.54, 1.807) is 0 Å². The Morgan fingerprint density at radius 1 is 1.06 bits per heavy atom. The molecule has 1 unspecified atom stereocenters. The minimum atomic E-state index is -0.0908. The smallest absolute Gasteiger partial charge is 0.0477 e. The molecule has 1 rings (SSSR count). The van der Waals surface area contributed by atoms with Crippen molar-refractivity contribution in [3.63, 3.8) is 0 Å². The number of nitrogens with one attached hydrogen (secondary N) is 1. The van der Waals surface area contributed by atoms with Crippen LogP contribution >= 0.6 is 0 Å². The van der Waals surface area contributed by atoms with Gasteiger partial charge < -0.3 is 11.1 Å². The van der Waals surface area contributed by atoms with E-state index in [1.807, 2.05) is 7.05 Å². The highest BCUT2D eigenvalue weighted by Gasteiger charge is 2.26. The van der Waals surface area contributed by atoms with Crippen LogP contribution in [-0.4, -0.2) is 12.6 Å². The second kappa shape index (κ2) is 4.56. The van der Waals surface area contributed by atoms with E-state index in [0.29, 0.717) is 0 Å². The number of hydrogen-bond donors (Lipinski definition) is 2. The van der Waals surface area contributed by atoms with Crippen LogP contribution in [0.2, 0.25) is 0 Å². The third-order valence-corrected chi connectivity index (χ3v) is 3.64. The predicted molar refractivity (Wildman–Crippen MR) is 70.7 cm³/mol. The second-order valence-corrected chi connectivity index (χ2v) is 5.24. The van der Waals surface area contributed by atoms with Gasteiger partial charge in [-0.2, -0.15) is 0 Å². The van der Waals surface area contributed by atoms with Crippen LogP contribution < -0.4 is 11.1 Å². The third-order valence-electron chi connectivity index (χ3n) is 3.64. The topological polar surface area (TPSA) is 38.0 Å². The van der Waals surface area contributed by atoms with E-state index in [9.17, 15) is 0 Å². The molecule has 0 aromatic heterocycles. The molecule has 0 spiro atoms. The largest absolute Gasteiger partial charge is 0.322 e. The zero-order valence-electron chi connectivity index (χ0n) is 11.3. The first-order valence-electron chi connectivity index (χ1n) is 5.82. The number of likely N-dealkylation sites (N-methyl/N-ethyl adjacent to an activating group) is 1. The molecule has 90 valence electrons. The van der Waals surface area contributed by atoms with Gasteiger partial charge in [-0.3, -0.25) is 0 Å². The molecule has 0 saturated carbocycles. The summed E-state index contributed by atoms with van der Waals surface area (Å²) in [7, 11) is 1.95. The van der Waals surface area contributed by atoms with Gasteiger partial charge in [0.25, 0.3) is 0 Å². The summed E-state index contributed by atoms with van der Waals surface area (Å²) < 4.78 is 0. The molecule has 0 heterocycles. The Morgan fingerprint density at radius 2 is 1.56 bits per heavy atom. The lowest BCUT2D eigenvalue weighted by Crippen LogP contribution is -2.46. The van der Waals surface area contributed by atoms with E-state index in [1.165, 1.54) is 22.3 Å². The van der Waals surface area contributed by atoms with E-state index in [-0.39, 0.29) is 11.6 Å². The summed E-state index contributed by atoms with van der Waals surface area (Å²) in [6.45, 7) is 10.7. The maximum absolute atomic E-state index is 6.34. The summed E-state index contributed by atoms with van der Waals surface area (Å²) in [5, 5.41) is 3.28. The molecule has 2 heteroatoms. The molecule has 0 aliphatic heterocycles. The van der Waals surface area contributed by atoms with Gasteiger partial charge >= 0.3 is 0 Å². The fourth-order valence-electron chi connectivity index (χ4n) is 1.86. The van der Waals surface area contributed by atoms with E-state index in [4.69, 9.17) is 5.73 Å². The summed E-state index contributed by atoms with van der Waals surface area (Å²) in [5.74, 6) is 0. The van der Waals surface area contributed by atoms with Crippen molar-refractivity contribution < 1.29 is 0 Å². The molecule has 0 radical (unpaired) electrons. The molecule has 3 N–H and O–H groups in total. The van der Waals surface area contributed by atoms with E-state index in [2.05, 4.69) is 52.1 Å². The predicted octanol–water partition coefficient (Wildman–Crippen LogP) is 2.61. The van der Waals surface area contributed by atoms with Gasteiger partial charge in [-0.15, -0.1) is 0 Å². The van der Waals surface area contributed by atoms with Gasteiger partial charge in [0.2, 0.25) is 0 Å². The fraction of sp³-hybridized carbons (Fsp3) is 0.571. The van der Waals surface area contributed by atoms with Crippen molar-refractivity contribution in [2.75, 3.05) is 7.05 Å². The van der Waals surface area contributed by atoms with Crippen LogP contribution in [-0.2, 0) is 0 Å². The Bertz CT molecular complexity index is 381. The van der Waals surface area contributed by atoms with Crippen LogP contribution in [0.25, 0.3) is 0 Å². The van der Waals surface area contributed by atoms with Gasteiger partial charge in [0.1, 0.15) is 0 Å². The monoisotopic (exact) mass is 220 g/mol. The van der Waals surface area contributed by atoms with Crippen molar-refractivity contribution in [3.05, 3.63) is 34.4 Å². The molecule has 16 heavy (non-hydrogen) atoms. The van der Waals surface area contributed by atoms with Crippen molar-refractivity contribution in [2.45, 2.75) is 46.2 Å². The standard InChI is InChI=1S/C14H24N2/c1-9-7-11(3)12(8-10(9)2)13(15)14(4,5)16-6/h7-8,13,16H,15H2,1-6H3. The maximum atomic E-state index is 6.34. The number of benzene rings is 1. The average molecular weight is 220 g/mol. The van der Waals surface area contributed by atoms with Crippen LogP contribution in [0.5, 0.6) is 0 Å². The summed E-state index contributed by atoms with van der Waals surface area (Å²) >= 11 is 0. The quantitative estimate of drug-likeness (QED) is 0.821. The lowest BCUT2D eigenvalue weighted by Gasteiger charge is -2.33.